The fourth-order valence-corrected chi connectivity index (χ4v) is 2.81. The van der Waals surface area contributed by atoms with Gasteiger partial charge in [0.05, 0.1) is 5.69 Å². The highest BCUT2D eigenvalue weighted by Crippen LogP contribution is 2.22. The first-order chi connectivity index (χ1) is 13.1. The van der Waals surface area contributed by atoms with Crippen molar-refractivity contribution in [1.82, 2.24) is 15.8 Å². The summed E-state index contributed by atoms with van der Waals surface area (Å²) in [6, 6.07) is 4.51. The molecule has 1 fully saturated rings. The Kier molecular flexibility index (Phi) is 7.05. The van der Waals surface area contributed by atoms with Crippen molar-refractivity contribution in [3.63, 3.8) is 0 Å². The molecule has 1 aromatic carbocycles. The minimum atomic E-state index is -0.608. The molecule has 10 nitrogen and oxygen atoms in total. The SMILES string of the molecule is CC(C)(C)OC(=O)N1CCC(C(=O)NCc2cc(Cl)ccc2N(N)/C=N\N)N1. The number of anilines is 1. The summed E-state index contributed by atoms with van der Waals surface area (Å²) in [5.74, 6) is 10.7. The van der Waals surface area contributed by atoms with Crippen LogP contribution in [0, 0.1) is 0 Å². The number of carbonyl (C=O) groups is 2. The van der Waals surface area contributed by atoms with Crippen molar-refractivity contribution in [2.45, 2.75) is 45.4 Å². The first-order valence-electron chi connectivity index (χ1n) is 8.71. The van der Waals surface area contributed by atoms with Crippen LogP contribution in [0.1, 0.15) is 32.8 Å². The summed E-state index contributed by atoms with van der Waals surface area (Å²) in [7, 11) is 0. The number of ether oxygens (including phenoxy) is 1. The number of nitrogens with zero attached hydrogens (tertiary/aromatic N) is 3. The molecule has 1 aliphatic heterocycles. The number of hydrazine groups is 2. The highest BCUT2D eigenvalue weighted by Gasteiger charge is 2.33. The number of benzene rings is 1. The second-order valence-electron chi connectivity index (χ2n) is 7.26. The van der Waals surface area contributed by atoms with Crippen molar-refractivity contribution >= 4 is 35.6 Å². The first kappa shape index (κ1) is 21.7. The minimum absolute atomic E-state index is 0.186. The second-order valence-corrected chi connectivity index (χ2v) is 7.70. The van der Waals surface area contributed by atoms with Gasteiger partial charge in [-0.25, -0.2) is 21.1 Å². The summed E-state index contributed by atoms with van der Waals surface area (Å²) in [5.41, 5.74) is 3.53. The van der Waals surface area contributed by atoms with Crippen LogP contribution < -0.4 is 27.4 Å². The second kappa shape index (κ2) is 9.09. The Morgan fingerprint density at radius 1 is 1.50 bits per heavy atom. The van der Waals surface area contributed by atoms with Gasteiger partial charge in [-0.3, -0.25) is 9.80 Å². The van der Waals surface area contributed by atoms with Gasteiger partial charge in [0.1, 0.15) is 18.0 Å². The number of hydrogen-bond acceptors (Lipinski definition) is 7. The zero-order chi connectivity index (χ0) is 20.9. The molecule has 1 aliphatic rings. The molecule has 0 aliphatic carbocycles. The maximum atomic E-state index is 12.5. The van der Waals surface area contributed by atoms with Gasteiger partial charge in [-0.1, -0.05) is 11.6 Å². The summed E-state index contributed by atoms with van der Waals surface area (Å²) in [4.78, 5) is 24.6. The highest BCUT2D eigenvalue weighted by molar-refractivity contribution is 6.30. The Hall–Kier alpha value is -2.56. The molecule has 0 radical (unpaired) electrons. The average Bonchev–Trinajstić information content (AvgIpc) is 3.09. The van der Waals surface area contributed by atoms with E-state index in [9.17, 15) is 9.59 Å². The molecule has 2 amide bonds. The zero-order valence-electron chi connectivity index (χ0n) is 16.1. The van der Waals surface area contributed by atoms with E-state index in [0.717, 1.165) is 0 Å². The number of hydrazone groups is 1. The van der Waals surface area contributed by atoms with Crippen molar-refractivity contribution in [3.05, 3.63) is 28.8 Å². The van der Waals surface area contributed by atoms with E-state index in [1.165, 1.54) is 16.4 Å². The zero-order valence-corrected chi connectivity index (χ0v) is 16.9. The fourth-order valence-electron chi connectivity index (χ4n) is 2.61. The van der Waals surface area contributed by atoms with Gasteiger partial charge in [0.2, 0.25) is 5.91 Å². The number of nitrogens with two attached hydrogens (primary N) is 2. The summed E-state index contributed by atoms with van der Waals surface area (Å²) >= 11 is 6.05. The van der Waals surface area contributed by atoms with E-state index < -0.39 is 17.7 Å². The number of hydrogen-bond donors (Lipinski definition) is 4. The van der Waals surface area contributed by atoms with Crippen LogP contribution in [0.25, 0.3) is 0 Å². The average molecular weight is 412 g/mol. The topological polar surface area (TPSA) is 138 Å². The standard InChI is InChI=1S/C17H26ClN7O3/c1-17(2,3)28-16(27)25-7-6-13(23-25)15(26)21-9-11-8-12(18)4-5-14(11)24(20)10-22-19/h4-5,8,10,13,23H,6-7,9,19-20H2,1-3H3,(H,21,26)/b22-10-. The van der Waals surface area contributed by atoms with Crippen molar-refractivity contribution in [2.75, 3.05) is 11.6 Å². The van der Waals surface area contributed by atoms with Gasteiger partial charge in [-0.05, 0) is 51.0 Å². The number of amides is 2. The predicted octanol–water partition coefficient (Wildman–Crippen LogP) is 1.05. The van der Waals surface area contributed by atoms with Crippen molar-refractivity contribution in [1.29, 1.82) is 0 Å². The van der Waals surface area contributed by atoms with Crippen LogP contribution in [0.2, 0.25) is 5.02 Å². The lowest BCUT2D eigenvalue weighted by Crippen LogP contribution is -2.48. The van der Waals surface area contributed by atoms with Crippen molar-refractivity contribution in [3.8, 4) is 0 Å². The van der Waals surface area contributed by atoms with Crippen LogP contribution in [-0.2, 0) is 16.1 Å². The van der Waals surface area contributed by atoms with E-state index in [-0.39, 0.29) is 12.5 Å². The number of halogens is 1. The number of nitrogens with one attached hydrogen (secondary N) is 2. The van der Waals surface area contributed by atoms with Crippen molar-refractivity contribution in [2.24, 2.45) is 16.8 Å². The van der Waals surface area contributed by atoms with Gasteiger partial charge in [-0.2, -0.15) is 5.10 Å². The van der Waals surface area contributed by atoms with Gasteiger partial charge in [-0.15, -0.1) is 0 Å². The smallest absolute Gasteiger partial charge is 0.424 e. The van der Waals surface area contributed by atoms with Crippen LogP contribution in [0.4, 0.5) is 10.5 Å². The van der Waals surface area contributed by atoms with Crippen LogP contribution >= 0.6 is 11.6 Å². The Labute approximate surface area is 168 Å². The molecule has 2 rings (SSSR count). The molecule has 1 unspecified atom stereocenters. The van der Waals surface area contributed by atoms with Crippen LogP contribution in [0.3, 0.4) is 0 Å². The van der Waals surface area contributed by atoms with E-state index in [2.05, 4.69) is 15.8 Å². The molecule has 1 aromatic rings. The quantitative estimate of drug-likeness (QED) is 0.246. The molecule has 28 heavy (non-hydrogen) atoms. The largest absolute Gasteiger partial charge is 0.443 e. The summed E-state index contributed by atoms with van der Waals surface area (Å²) < 4.78 is 5.29. The Balaban J connectivity index is 1.96. The van der Waals surface area contributed by atoms with Gasteiger partial charge in [0.25, 0.3) is 0 Å². The van der Waals surface area contributed by atoms with E-state index in [1.54, 1.807) is 39.0 Å². The predicted molar refractivity (Wildman–Crippen MR) is 107 cm³/mol. The van der Waals surface area contributed by atoms with Gasteiger partial charge in [0.15, 0.2) is 0 Å². The van der Waals surface area contributed by atoms with Crippen molar-refractivity contribution < 1.29 is 14.3 Å². The lowest BCUT2D eigenvalue weighted by Gasteiger charge is -2.24. The van der Waals surface area contributed by atoms with Crippen LogP contribution in [0.15, 0.2) is 23.3 Å². The van der Waals surface area contributed by atoms with E-state index in [1.807, 2.05) is 0 Å². The van der Waals surface area contributed by atoms with E-state index in [4.69, 9.17) is 28.0 Å². The molecule has 1 saturated heterocycles. The normalized spacial score (nSPS) is 17.0. The number of carbonyl (C=O) groups excluding carboxylic acids is 2. The molecule has 0 saturated carbocycles. The first-order valence-corrected chi connectivity index (χ1v) is 9.08. The van der Waals surface area contributed by atoms with E-state index >= 15 is 0 Å². The van der Waals surface area contributed by atoms with Gasteiger partial charge >= 0.3 is 6.09 Å². The minimum Gasteiger partial charge on any atom is -0.443 e. The fraction of sp³-hybridized carbons (Fsp3) is 0.471. The maximum Gasteiger partial charge on any atom is 0.424 e. The highest BCUT2D eigenvalue weighted by atomic mass is 35.5. The Morgan fingerprint density at radius 3 is 2.86 bits per heavy atom. The molecule has 0 spiro atoms. The third-order valence-electron chi connectivity index (χ3n) is 3.85. The number of rotatable bonds is 5. The monoisotopic (exact) mass is 411 g/mol. The molecular formula is C17H26ClN7O3. The van der Waals surface area contributed by atoms with Crippen LogP contribution in [0.5, 0.6) is 0 Å². The summed E-state index contributed by atoms with van der Waals surface area (Å²) in [5, 5.41) is 9.23. The molecule has 1 atom stereocenters. The van der Waals surface area contributed by atoms with Crippen LogP contribution in [-0.4, -0.2) is 41.5 Å². The Bertz CT molecular complexity index is 751. The third kappa shape index (κ3) is 5.98. The lowest BCUT2D eigenvalue weighted by molar-refractivity contribution is -0.123. The molecule has 11 heteroatoms. The molecular weight excluding hydrogens is 386 g/mol. The molecule has 0 aromatic heterocycles. The third-order valence-corrected chi connectivity index (χ3v) is 4.08. The summed E-state index contributed by atoms with van der Waals surface area (Å²) in [6.45, 7) is 5.90. The molecule has 0 bridgehead atoms. The lowest BCUT2D eigenvalue weighted by atomic mass is 10.1. The summed E-state index contributed by atoms with van der Waals surface area (Å²) in [6.07, 6.45) is 1.20. The van der Waals surface area contributed by atoms with Gasteiger partial charge < -0.3 is 15.9 Å². The maximum absolute atomic E-state index is 12.5. The molecule has 6 N–H and O–H groups in total. The van der Waals surface area contributed by atoms with Gasteiger partial charge in [0, 0.05) is 18.1 Å². The molecule has 1 heterocycles. The Morgan fingerprint density at radius 2 is 2.21 bits per heavy atom. The molecule has 154 valence electrons. The van der Waals surface area contributed by atoms with E-state index in [0.29, 0.717) is 29.2 Å².